The van der Waals surface area contributed by atoms with Gasteiger partial charge in [0.2, 0.25) is 0 Å². The van der Waals surface area contributed by atoms with E-state index in [9.17, 15) is 0 Å². The van der Waals surface area contributed by atoms with E-state index in [1.165, 1.54) is 0 Å². The first-order valence-electron chi connectivity index (χ1n) is 3.05. The van der Waals surface area contributed by atoms with Gasteiger partial charge in [-0.3, -0.25) is 0 Å². The highest BCUT2D eigenvalue weighted by atomic mass is 16.3. The topological polar surface area (TPSA) is 138 Å². The van der Waals surface area contributed by atoms with Crippen molar-refractivity contribution >= 4 is 0 Å². The monoisotopic (exact) mass is 173 g/mol. The number of aliphatic hydroxyl groups excluding tert-OH is 2. The van der Waals surface area contributed by atoms with E-state index in [-0.39, 0.29) is 23.7 Å². The van der Waals surface area contributed by atoms with Gasteiger partial charge in [-0.25, -0.2) is 0 Å². The Kier molecular flexibility index (Phi) is 147. The van der Waals surface area contributed by atoms with Crippen LogP contribution < -0.4 is 6.15 Å². The van der Waals surface area contributed by atoms with E-state index < -0.39 is 0 Å². The second-order valence-corrected chi connectivity index (χ2v) is 1.39. The molecule has 0 aromatic carbocycles. The quantitative estimate of drug-likeness (QED) is 0.547. The molecule has 0 saturated carbocycles. The standard InChI is InChI=1S/C4H10O.C2H6O.H3N.2H2O/c1-2-3-4-5;1-2-3;;;/h5H,2-4H2,1H3;3H,2H2,1H3;1H3;2*1H2. The Bertz CT molecular complexity index is 28.5. The molecule has 0 saturated heterocycles. The van der Waals surface area contributed by atoms with Crippen LogP contribution in [0.4, 0.5) is 0 Å². The molecule has 0 bridgehead atoms. The van der Waals surface area contributed by atoms with Crippen molar-refractivity contribution in [1.82, 2.24) is 6.15 Å². The van der Waals surface area contributed by atoms with E-state index in [1.54, 1.807) is 6.92 Å². The maximum absolute atomic E-state index is 8.07. The van der Waals surface area contributed by atoms with Crippen LogP contribution in [0.25, 0.3) is 0 Å². The number of rotatable bonds is 2. The molecule has 0 fully saturated rings. The number of unbranched alkanes of at least 4 members (excludes halogenated alkanes) is 1. The lowest BCUT2D eigenvalue weighted by Gasteiger charge is -1.79. The van der Waals surface area contributed by atoms with Crippen molar-refractivity contribution in [1.29, 1.82) is 0 Å². The minimum Gasteiger partial charge on any atom is -0.870 e. The molecule has 0 heterocycles. The van der Waals surface area contributed by atoms with Crippen molar-refractivity contribution in [2.75, 3.05) is 13.2 Å². The smallest absolute Gasteiger partial charge is 0.0430 e. The molecule has 0 rings (SSSR count). The average Bonchev–Trinajstić information content (AvgIpc) is 1.71. The molecule has 0 spiro atoms. The Hall–Kier alpha value is -0.200. The Morgan fingerprint density at radius 2 is 1.36 bits per heavy atom. The summed E-state index contributed by atoms with van der Waals surface area (Å²) in [6, 6.07) is 0. The third kappa shape index (κ3) is 184. The molecule has 5 heteroatoms. The van der Waals surface area contributed by atoms with Crippen LogP contribution in [-0.4, -0.2) is 34.4 Å². The Morgan fingerprint density at radius 3 is 1.36 bits per heavy atom. The van der Waals surface area contributed by atoms with Gasteiger partial charge in [-0.1, -0.05) is 13.3 Å². The summed E-state index contributed by atoms with van der Waals surface area (Å²) in [5.74, 6) is 0. The first-order chi connectivity index (χ1) is 3.83. The summed E-state index contributed by atoms with van der Waals surface area (Å²) in [7, 11) is 0. The van der Waals surface area contributed by atoms with Crippen molar-refractivity contribution in [2.45, 2.75) is 26.7 Å². The summed E-state index contributed by atoms with van der Waals surface area (Å²) >= 11 is 0. The number of hydrogen-bond donors (Lipinski definition) is 3. The van der Waals surface area contributed by atoms with Crippen LogP contribution in [0.5, 0.6) is 0 Å². The molecule has 0 aliphatic carbocycles. The van der Waals surface area contributed by atoms with E-state index in [2.05, 4.69) is 6.92 Å². The first kappa shape index (κ1) is 30.8. The zero-order chi connectivity index (χ0) is 6.83. The zero-order valence-corrected chi connectivity index (χ0v) is 7.67. The molecule has 76 valence electrons. The van der Waals surface area contributed by atoms with Crippen LogP contribution in [0, 0.1) is 0 Å². The minimum atomic E-state index is 0. The molecule has 0 amide bonds. The van der Waals surface area contributed by atoms with Gasteiger partial charge in [0.1, 0.15) is 0 Å². The van der Waals surface area contributed by atoms with Gasteiger partial charge in [-0.05, 0) is 13.3 Å². The number of quaternary nitrogens is 1. The minimum absolute atomic E-state index is 0. The summed E-state index contributed by atoms with van der Waals surface area (Å²) in [4.78, 5) is 0. The molecule has 0 unspecified atom stereocenters. The van der Waals surface area contributed by atoms with Crippen LogP contribution in [0.1, 0.15) is 26.7 Å². The molecule has 0 aromatic rings. The van der Waals surface area contributed by atoms with E-state index in [0.29, 0.717) is 6.61 Å². The first-order valence-corrected chi connectivity index (χ1v) is 3.05. The molecule has 9 N–H and O–H groups in total. The highest BCUT2D eigenvalue weighted by molar-refractivity contribution is 4.23. The SMILES string of the molecule is CCCCO.CCO.O.[NH4+].[OH-]. The van der Waals surface area contributed by atoms with Crippen LogP contribution in [0.15, 0.2) is 0 Å². The average molecular weight is 173 g/mol. The van der Waals surface area contributed by atoms with Crippen LogP contribution >= 0.6 is 0 Å². The molecule has 5 nitrogen and oxygen atoms in total. The molecule has 0 aliphatic rings. The predicted molar refractivity (Wildman–Crippen MR) is 46.3 cm³/mol. The summed E-state index contributed by atoms with van der Waals surface area (Å²) in [6.07, 6.45) is 2.04. The summed E-state index contributed by atoms with van der Waals surface area (Å²) in [5.41, 5.74) is 0. The highest BCUT2D eigenvalue weighted by Crippen LogP contribution is 1.78. The third-order valence-corrected chi connectivity index (χ3v) is 0.512. The van der Waals surface area contributed by atoms with Gasteiger partial charge >= 0.3 is 0 Å². The molecule has 0 aromatic heterocycles. The Balaban J connectivity index is -0.0000000183. The Labute approximate surface area is 68.3 Å². The fourth-order valence-electron chi connectivity index (χ4n) is 0.158. The van der Waals surface area contributed by atoms with Crippen molar-refractivity contribution < 1.29 is 21.2 Å². The molecule has 0 aliphatic heterocycles. The van der Waals surface area contributed by atoms with E-state index in [1.807, 2.05) is 0 Å². The van der Waals surface area contributed by atoms with Gasteiger partial charge in [0.05, 0.1) is 0 Å². The fraction of sp³-hybridized carbons (Fsp3) is 1.00. The molecular weight excluding hydrogens is 150 g/mol. The van der Waals surface area contributed by atoms with Crippen LogP contribution in [-0.2, 0) is 0 Å². The van der Waals surface area contributed by atoms with Crippen molar-refractivity contribution in [3.05, 3.63) is 0 Å². The maximum Gasteiger partial charge on any atom is 0.0430 e. The summed E-state index contributed by atoms with van der Waals surface area (Å²) < 4.78 is 0. The second kappa shape index (κ2) is 52.6. The normalized spacial score (nSPS) is 5.45. The van der Waals surface area contributed by atoms with E-state index in [4.69, 9.17) is 10.2 Å². The molecular formula is C6H23NO4. The van der Waals surface area contributed by atoms with Gasteiger partial charge in [0.15, 0.2) is 0 Å². The van der Waals surface area contributed by atoms with Crippen LogP contribution in [0.3, 0.4) is 0 Å². The zero-order valence-electron chi connectivity index (χ0n) is 7.67. The third-order valence-electron chi connectivity index (χ3n) is 0.512. The molecule has 0 atom stereocenters. The van der Waals surface area contributed by atoms with Crippen molar-refractivity contribution in [3.8, 4) is 0 Å². The second-order valence-electron chi connectivity index (χ2n) is 1.39. The van der Waals surface area contributed by atoms with Gasteiger partial charge in [-0.15, -0.1) is 0 Å². The predicted octanol–water partition coefficient (Wildman–Crippen LogP) is 0.152. The number of hydrogen-bond acceptors (Lipinski definition) is 3. The van der Waals surface area contributed by atoms with E-state index in [0.717, 1.165) is 12.8 Å². The van der Waals surface area contributed by atoms with Gasteiger partial charge in [-0.2, -0.15) is 0 Å². The largest absolute Gasteiger partial charge is 0.870 e. The Morgan fingerprint density at radius 1 is 1.09 bits per heavy atom. The van der Waals surface area contributed by atoms with Gasteiger partial charge < -0.3 is 27.3 Å². The summed E-state index contributed by atoms with van der Waals surface area (Å²) in [6.45, 7) is 4.33. The lowest BCUT2D eigenvalue weighted by atomic mass is 10.4. The highest BCUT2D eigenvalue weighted by Gasteiger charge is 1.69. The lowest BCUT2D eigenvalue weighted by molar-refractivity contribution is 0.287. The lowest BCUT2D eigenvalue weighted by Crippen LogP contribution is -1.75. The van der Waals surface area contributed by atoms with E-state index >= 15 is 0 Å². The molecule has 0 radical (unpaired) electrons. The summed E-state index contributed by atoms with van der Waals surface area (Å²) in [5, 5.41) is 15.6. The van der Waals surface area contributed by atoms with Crippen molar-refractivity contribution in [3.63, 3.8) is 0 Å². The fourth-order valence-corrected chi connectivity index (χ4v) is 0.158. The van der Waals surface area contributed by atoms with Crippen molar-refractivity contribution in [2.24, 2.45) is 0 Å². The maximum atomic E-state index is 8.07. The van der Waals surface area contributed by atoms with Crippen LogP contribution in [0.2, 0.25) is 0 Å². The molecule has 11 heavy (non-hydrogen) atoms. The van der Waals surface area contributed by atoms with Gasteiger partial charge in [0, 0.05) is 13.2 Å². The number of aliphatic hydroxyl groups is 2. The van der Waals surface area contributed by atoms with Gasteiger partial charge in [0.25, 0.3) is 0 Å².